The summed E-state index contributed by atoms with van der Waals surface area (Å²) in [6, 6.07) is 4.82. The van der Waals surface area contributed by atoms with Crippen LogP contribution in [-0.2, 0) is 4.74 Å². The summed E-state index contributed by atoms with van der Waals surface area (Å²) in [7, 11) is 1.31. The Hall–Kier alpha value is -1.33. The Morgan fingerprint density at radius 2 is 2.25 bits per heavy atom. The van der Waals surface area contributed by atoms with Gasteiger partial charge in [0, 0.05) is 12.1 Å². The molecule has 0 bridgehead atoms. The second kappa shape index (κ2) is 7.03. The molecule has 1 unspecified atom stereocenters. The molecule has 0 spiro atoms. The van der Waals surface area contributed by atoms with Gasteiger partial charge in [0.15, 0.2) is 5.69 Å². The first-order valence-electron chi connectivity index (χ1n) is 4.57. The molecule has 0 aliphatic rings. The van der Waals surface area contributed by atoms with E-state index in [2.05, 4.69) is 9.72 Å². The second-order valence-corrected chi connectivity index (χ2v) is 3.14. The lowest BCUT2D eigenvalue weighted by atomic mass is 10.3. The van der Waals surface area contributed by atoms with E-state index in [0.29, 0.717) is 12.5 Å². The molecular weight excluding hydrogens is 232 g/mol. The number of carbonyl (C=O) groups is 1. The molecule has 0 aliphatic carbocycles. The molecule has 1 rings (SSSR count). The molecule has 90 valence electrons. The summed E-state index contributed by atoms with van der Waals surface area (Å²) in [5, 5.41) is 0. The number of nitrogens with zero attached hydrogens (tertiary/aromatic N) is 1. The van der Waals surface area contributed by atoms with Crippen LogP contribution in [0, 0.1) is 0 Å². The minimum atomic E-state index is -0.485. The number of hydrogen-bond acceptors (Lipinski definition) is 5. The van der Waals surface area contributed by atoms with Gasteiger partial charge in [-0.25, -0.2) is 9.78 Å². The zero-order valence-electron chi connectivity index (χ0n) is 9.17. The number of rotatable bonds is 4. The van der Waals surface area contributed by atoms with E-state index < -0.39 is 5.97 Å². The van der Waals surface area contributed by atoms with Crippen molar-refractivity contribution in [3.05, 3.63) is 23.9 Å². The van der Waals surface area contributed by atoms with Crippen LogP contribution >= 0.6 is 12.4 Å². The summed E-state index contributed by atoms with van der Waals surface area (Å²) in [5.74, 6) is -0.114. The minimum absolute atomic E-state index is 0. The van der Waals surface area contributed by atoms with E-state index in [-0.39, 0.29) is 24.1 Å². The van der Waals surface area contributed by atoms with Crippen molar-refractivity contribution < 1.29 is 14.3 Å². The van der Waals surface area contributed by atoms with Crippen molar-refractivity contribution in [1.82, 2.24) is 4.98 Å². The quantitative estimate of drug-likeness (QED) is 0.803. The van der Waals surface area contributed by atoms with Gasteiger partial charge < -0.3 is 15.2 Å². The molecule has 0 amide bonds. The molecule has 5 nitrogen and oxygen atoms in total. The first-order chi connectivity index (χ1) is 7.13. The Morgan fingerprint density at radius 1 is 1.56 bits per heavy atom. The summed E-state index contributed by atoms with van der Waals surface area (Å²) >= 11 is 0. The zero-order valence-corrected chi connectivity index (χ0v) is 9.99. The molecular formula is C10H15ClN2O3. The molecule has 1 atom stereocenters. The predicted molar refractivity (Wildman–Crippen MR) is 62.0 cm³/mol. The summed E-state index contributed by atoms with van der Waals surface area (Å²) in [6.45, 7) is 2.18. The molecule has 6 heteroatoms. The lowest BCUT2D eigenvalue weighted by molar-refractivity contribution is 0.0592. The second-order valence-electron chi connectivity index (χ2n) is 3.14. The van der Waals surface area contributed by atoms with Crippen LogP contribution in [0.3, 0.4) is 0 Å². The fourth-order valence-electron chi connectivity index (χ4n) is 0.930. The molecule has 0 aliphatic heterocycles. The van der Waals surface area contributed by atoms with Crippen molar-refractivity contribution >= 4 is 18.4 Å². The van der Waals surface area contributed by atoms with Crippen LogP contribution < -0.4 is 10.5 Å². The van der Waals surface area contributed by atoms with Crippen molar-refractivity contribution in [2.24, 2.45) is 5.73 Å². The van der Waals surface area contributed by atoms with Gasteiger partial charge in [0.05, 0.1) is 7.11 Å². The van der Waals surface area contributed by atoms with E-state index >= 15 is 0 Å². The van der Waals surface area contributed by atoms with E-state index in [0.717, 1.165) is 0 Å². The van der Waals surface area contributed by atoms with Crippen molar-refractivity contribution in [3.8, 4) is 5.88 Å². The van der Waals surface area contributed by atoms with Crippen LogP contribution in [0.1, 0.15) is 17.4 Å². The van der Waals surface area contributed by atoms with Crippen molar-refractivity contribution in [2.45, 2.75) is 13.0 Å². The van der Waals surface area contributed by atoms with Crippen LogP contribution in [0.5, 0.6) is 5.88 Å². The summed E-state index contributed by atoms with van der Waals surface area (Å²) in [5.41, 5.74) is 5.74. The molecule has 2 N–H and O–H groups in total. The maximum Gasteiger partial charge on any atom is 0.356 e. The lowest BCUT2D eigenvalue weighted by Gasteiger charge is -2.08. The fourth-order valence-corrected chi connectivity index (χ4v) is 0.930. The zero-order chi connectivity index (χ0) is 11.3. The lowest BCUT2D eigenvalue weighted by Crippen LogP contribution is -2.24. The van der Waals surface area contributed by atoms with E-state index in [9.17, 15) is 4.79 Å². The largest absolute Gasteiger partial charge is 0.476 e. The number of methoxy groups -OCH3 is 1. The number of esters is 1. The number of carbonyl (C=O) groups excluding carboxylic acids is 1. The van der Waals surface area contributed by atoms with Crippen molar-refractivity contribution in [3.63, 3.8) is 0 Å². The van der Waals surface area contributed by atoms with Gasteiger partial charge in [-0.2, -0.15) is 0 Å². The van der Waals surface area contributed by atoms with Crippen LogP contribution in [0.4, 0.5) is 0 Å². The Kier molecular flexibility index (Phi) is 6.44. The van der Waals surface area contributed by atoms with Gasteiger partial charge in [-0.3, -0.25) is 0 Å². The average molecular weight is 247 g/mol. The minimum Gasteiger partial charge on any atom is -0.476 e. The number of nitrogens with two attached hydrogens (primary N) is 1. The first kappa shape index (κ1) is 14.7. The summed E-state index contributed by atoms with van der Waals surface area (Å²) < 4.78 is 9.79. The number of hydrogen-bond donors (Lipinski definition) is 1. The SMILES string of the molecule is COC(=O)c1cccc(OCC(C)N)n1.Cl. The van der Waals surface area contributed by atoms with Gasteiger partial charge in [-0.05, 0) is 13.0 Å². The Balaban J connectivity index is 0.00000225. The van der Waals surface area contributed by atoms with Crippen molar-refractivity contribution in [1.29, 1.82) is 0 Å². The molecule has 0 saturated heterocycles. The molecule has 0 radical (unpaired) electrons. The van der Waals surface area contributed by atoms with E-state index in [1.54, 1.807) is 18.2 Å². The number of aromatic nitrogens is 1. The third-order valence-electron chi connectivity index (χ3n) is 1.61. The van der Waals surface area contributed by atoms with Gasteiger partial charge in [-0.15, -0.1) is 12.4 Å². The Bertz CT molecular complexity index is 345. The highest BCUT2D eigenvalue weighted by Crippen LogP contribution is 2.08. The topological polar surface area (TPSA) is 74.4 Å². The normalized spacial score (nSPS) is 11.2. The summed E-state index contributed by atoms with van der Waals surface area (Å²) in [4.78, 5) is 15.1. The van der Waals surface area contributed by atoms with Crippen molar-refractivity contribution in [2.75, 3.05) is 13.7 Å². The number of ether oxygens (including phenoxy) is 2. The van der Waals surface area contributed by atoms with Gasteiger partial charge in [0.2, 0.25) is 5.88 Å². The third kappa shape index (κ3) is 4.46. The van der Waals surface area contributed by atoms with Crippen LogP contribution in [0.15, 0.2) is 18.2 Å². The highest BCUT2D eigenvalue weighted by molar-refractivity contribution is 5.87. The third-order valence-corrected chi connectivity index (χ3v) is 1.61. The molecule has 1 aromatic rings. The molecule has 0 saturated carbocycles. The van der Waals surface area contributed by atoms with Gasteiger partial charge in [-0.1, -0.05) is 6.07 Å². The van der Waals surface area contributed by atoms with E-state index in [1.807, 2.05) is 6.92 Å². The molecule has 1 heterocycles. The molecule has 0 aromatic carbocycles. The molecule has 1 aromatic heterocycles. The van der Waals surface area contributed by atoms with E-state index in [1.165, 1.54) is 7.11 Å². The predicted octanol–water partition coefficient (Wildman–Crippen LogP) is 1.02. The first-order valence-corrected chi connectivity index (χ1v) is 4.57. The Labute approximate surface area is 100 Å². The maximum atomic E-state index is 11.1. The van der Waals surface area contributed by atoms with Crippen LogP contribution in [0.2, 0.25) is 0 Å². The number of pyridine rings is 1. The monoisotopic (exact) mass is 246 g/mol. The van der Waals surface area contributed by atoms with Crippen LogP contribution in [-0.4, -0.2) is 30.7 Å². The molecule has 16 heavy (non-hydrogen) atoms. The van der Waals surface area contributed by atoms with E-state index in [4.69, 9.17) is 10.5 Å². The standard InChI is InChI=1S/C10H14N2O3.ClH/c1-7(11)6-15-9-5-3-4-8(12-9)10(13)14-2;/h3-5,7H,6,11H2,1-2H3;1H. The summed E-state index contributed by atoms with van der Waals surface area (Å²) in [6.07, 6.45) is 0. The number of halogens is 1. The smallest absolute Gasteiger partial charge is 0.356 e. The fraction of sp³-hybridized carbons (Fsp3) is 0.400. The average Bonchev–Trinajstić information content (AvgIpc) is 2.25. The highest BCUT2D eigenvalue weighted by Gasteiger charge is 2.08. The Morgan fingerprint density at radius 3 is 2.81 bits per heavy atom. The van der Waals surface area contributed by atoms with Gasteiger partial charge in [0.25, 0.3) is 0 Å². The maximum absolute atomic E-state index is 11.1. The van der Waals surface area contributed by atoms with Gasteiger partial charge >= 0.3 is 5.97 Å². The van der Waals surface area contributed by atoms with Gasteiger partial charge in [0.1, 0.15) is 6.61 Å². The molecule has 0 fully saturated rings. The van der Waals surface area contributed by atoms with Crippen LogP contribution in [0.25, 0.3) is 0 Å². The highest BCUT2D eigenvalue weighted by atomic mass is 35.5.